The molecule has 0 saturated heterocycles. The monoisotopic (exact) mass is 373 g/mol. The fraction of sp³-hybridized carbons (Fsp3) is 0.312. The Morgan fingerprint density at radius 3 is 2.83 bits per heavy atom. The third-order valence-electron chi connectivity index (χ3n) is 2.99. The Balaban J connectivity index is 1.78. The van der Waals surface area contributed by atoms with Crippen molar-refractivity contribution in [1.82, 2.24) is 5.32 Å². The van der Waals surface area contributed by atoms with Gasteiger partial charge >= 0.3 is 6.61 Å². The van der Waals surface area contributed by atoms with Crippen molar-refractivity contribution in [2.24, 2.45) is 0 Å². The van der Waals surface area contributed by atoms with Gasteiger partial charge in [-0.1, -0.05) is 12.1 Å². The molecule has 1 heterocycles. The van der Waals surface area contributed by atoms with Gasteiger partial charge in [-0.2, -0.15) is 8.78 Å². The maximum absolute atomic E-state index is 12.3. The Bertz CT molecular complexity index is 651. The van der Waals surface area contributed by atoms with E-state index in [4.69, 9.17) is 4.74 Å². The number of alkyl halides is 2. The van der Waals surface area contributed by atoms with Gasteiger partial charge in [-0.3, -0.25) is 4.79 Å². The zero-order valence-electron chi connectivity index (χ0n) is 13.0. The predicted molar refractivity (Wildman–Crippen MR) is 92.0 cm³/mol. The molecule has 4 nitrogen and oxygen atoms in total. The van der Waals surface area contributed by atoms with Gasteiger partial charge in [-0.05, 0) is 29.1 Å². The number of benzene rings is 1. The van der Waals surface area contributed by atoms with E-state index in [9.17, 15) is 13.6 Å². The van der Waals surface area contributed by atoms with Gasteiger partial charge in [0.1, 0.15) is 0 Å². The molecule has 2 rings (SSSR count). The van der Waals surface area contributed by atoms with E-state index in [1.54, 1.807) is 23.5 Å². The minimum atomic E-state index is -2.90. The van der Waals surface area contributed by atoms with Gasteiger partial charge in [0, 0.05) is 10.6 Å². The second-order valence-corrected chi connectivity index (χ2v) is 6.73. The molecule has 2 aromatic rings. The van der Waals surface area contributed by atoms with Crippen LogP contribution in [0.2, 0.25) is 0 Å². The van der Waals surface area contributed by atoms with Crippen LogP contribution in [0.5, 0.6) is 11.5 Å². The molecule has 0 bridgehead atoms. The van der Waals surface area contributed by atoms with Gasteiger partial charge in [0.15, 0.2) is 11.5 Å². The van der Waals surface area contributed by atoms with Crippen LogP contribution in [0.3, 0.4) is 0 Å². The largest absolute Gasteiger partial charge is 0.493 e. The number of carbonyl (C=O) groups excluding carboxylic acids is 1. The van der Waals surface area contributed by atoms with E-state index in [0.717, 1.165) is 10.4 Å². The SMILES string of the molecule is COc1cc(CSCC(=O)NCc2cccs2)ccc1OC(F)F. The van der Waals surface area contributed by atoms with Crippen molar-refractivity contribution in [1.29, 1.82) is 0 Å². The molecule has 1 amide bonds. The molecular formula is C16H17F2NO3S2. The predicted octanol–water partition coefficient (Wildman–Crippen LogP) is 3.91. The lowest BCUT2D eigenvalue weighted by Crippen LogP contribution is -2.24. The summed E-state index contributed by atoms with van der Waals surface area (Å²) in [4.78, 5) is 12.9. The molecular weight excluding hydrogens is 356 g/mol. The van der Waals surface area contributed by atoms with Gasteiger partial charge in [-0.15, -0.1) is 23.1 Å². The summed E-state index contributed by atoms with van der Waals surface area (Å²) < 4.78 is 34.0. The molecule has 0 aliphatic carbocycles. The fourth-order valence-corrected chi connectivity index (χ4v) is 3.36. The Kier molecular flexibility index (Phi) is 7.33. The standard InChI is InChI=1S/C16H17F2NO3S2/c1-21-14-7-11(4-5-13(14)22-16(17)18)9-23-10-15(20)19-8-12-3-2-6-24-12/h2-7,16H,8-10H2,1H3,(H,19,20). The summed E-state index contributed by atoms with van der Waals surface area (Å²) in [7, 11) is 1.39. The van der Waals surface area contributed by atoms with Gasteiger partial charge in [-0.25, -0.2) is 0 Å². The van der Waals surface area contributed by atoms with Crippen molar-refractivity contribution >= 4 is 29.0 Å². The van der Waals surface area contributed by atoms with Crippen LogP contribution in [-0.2, 0) is 17.1 Å². The topological polar surface area (TPSA) is 47.6 Å². The van der Waals surface area contributed by atoms with E-state index in [1.807, 2.05) is 17.5 Å². The molecule has 0 fully saturated rings. The smallest absolute Gasteiger partial charge is 0.387 e. The summed E-state index contributed by atoms with van der Waals surface area (Å²) in [5.74, 6) is 1.09. The number of methoxy groups -OCH3 is 1. The van der Waals surface area contributed by atoms with Gasteiger partial charge in [0.25, 0.3) is 0 Å². The maximum Gasteiger partial charge on any atom is 0.387 e. The Morgan fingerprint density at radius 1 is 1.33 bits per heavy atom. The first-order chi connectivity index (χ1) is 11.6. The first kappa shape index (κ1) is 18.5. The molecule has 0 aliphatic rings. The molecule has 24 heavy (non-hydrogen) atoms. The molecule has 1 aromatic heterocycles. The number of ether oxygens (including phenoxy) is 2. The van der Waals surface area contributed by atoms with E-state index in [-0.39, 0.29) is 17.4 Å². The Labute approximate surface area is 147 Å². The molecule has 0 radical (unpaired) electrons. The average molecular weight is 373 g/mol. The second-order valence-electron chi connectivity index (χ2n) is 4.71. The van der Waals surface area contributed by atoms with Gasteiger partial charge < -0.3 is 14.8 Å². The summed E-state index contributed by atoms with van der Waals surface area (Å²) in [6, 6.07) is 8.66. The first-order valence-corrected chi connectivity index (χ1v) is 9.10. The zero-order chi connectivity index (χ0) is 17.4. The maximum atomic E-state index is 12.3. The van der Waals surface area contributed by atoms with E-state index in [1.165, 1.54) is 24.9 Å². The Hall–Kier alpha value is -1.80. The van der Waals surface area contributed by atoms with Crippen LogP contribution in [0.25, 0.3) is 0 Å². The van der Waals surface area contributed by atoms with Crippen LogP contribution in [0.1, 0.15) is 10.4 Å². The first-order valence-electron chi connectivity index (χ1n) is 7.07. The van der Waals surface area contributed by atoms with Crippen LogP contribution in [0.4, 0.5) is 8.78 Å². The molecule has 8 heteroatoms. The van der Waals surface area contributed by atoms with Gasteiger partial charge in [0.05, 0.1) is 19.4 Å². The average Bonchev–Trinajstić information content (AvgIpc) is 3.07. The number of nitrogens with one attached hydrogen (secondary N) is 1. The zero-order valence-corrected chi connectivity index (χ0v) is 14.6. The fourth-order valence-electron chi connectivity index (χ4n) is 1.91. The quantitative estimate of drug-likeness (QED) is 0.724. The summed E-state index contributed by atoms with van der Waals surface area (Å²) in [5.41, 5.74) is 0.865. The van der Waals surface area contributed by atoms with E-state index in [2.05, 4.69) is 10.1 Å². The second kappa shape index (κ2) is 9.48. The molecule has 0 spiro atoms. The van der Waals surface area contributed by atoms with Crippen molar-refractivity contribution in [3.8, 4) is 11.5 Å². The molecule has 130 valence electrons. The van der Waals surface area contributed by atoms with Crippen LogP contribution < -0.4 is 14.8 Å². The highest BCUT2D eigenvalue weighted by atomic mass is 32.2. The van der Waals surface area contributed by atoms with Crippen molar-refractivity contribution in [3.63, 3.8) is 0 Å². The number of thiophene rings is 1. The number of hydrogen-bond acceptors (Lipinski definition) is 5. The third-order valence-corrected chi connectivity index (χ3v) is 4.87. The molecule has 0 aliphatic heterocycles. The van der Waals surface area contributed by atoms with Crippen molar-refractivity contribution in [2.75, 3.05) is 12.9 Å². The number of halogens is 2. The molecule has 0 unspecified atom stereocenters. The van der Waals surface area contributed by atoms with Crippen molar-refractivity contribution in [3.05, 3.63) is 46.2 Å². The highest BCUT2D eigenvalue weighted by Gasteiger charge is 2.11. The highest BCUT2D eigenvalue weighted by Crippen LogP contribution is 2.30. The number of rotatable bonds is 9. The molecule has 1 N–H and O–H groups in total. The van der Waals surface area contributed by atoms with Crippen LogP contribution >= 0.6 is 23.1 Å². The van der Waals surface area contributed by atoms with Crippen molar-refractivity contribution in [2.45, 2.75) is 18.9 Å². The van der Waals surface area contributed by atoms with Crippen LogP contribution in [0, 0.1) is 0 Å². The number of amides is 1. The summed E-state index contributed by atoms with van der Waals surface area (Å²) in [6.45, 7) is -2.36. The lowest BCUT2D eigenvalue weighted by Gasteiger charge is -2.11. The van der Waals surface area contributed by atoms with E-state index < -0.39 is 6.61 Å². The van der Waals surface area contributed by atoms with Gasteiger partial charge in [0.2, 0.25) is 5.91 Å². The number of carbonyl (C=O) groups is 1. The summed E-state index contributed by atoms with van der Waals surface area (Å²) in [5, 5.41) is 4.81. The number of hydrogen-bond donors (Lipinski definition) is 1. The van der Waals surface area contributed by atoms with Crippen molar-refractivity contribution < 1.29 is 23.0 Å². The minimum absolute atomic E-state index is 0.00468. The number of thioether (sulfide) groups is 1. The highest BCUT2D eigenvalue weighted by molar-refractivity contribution is 7.99. The summed E-state index contributed by atoms with van der Waals surface area (Å²) >= 11 is 3.03. The molecule has 0 atom stereocenters. The summed E-state index contributed by atoms with van der Waals surface area (Å²) in [6.07, 6.45) is 0. The Morgan fingerprint density at radius 2 is 2.17 bits per heavy atom. The van der Waals surface area contributed by atoms with Crippen LogP contribution in [-0.4, -0.2) is 25.4 Å². The minimum Gasteiger partial charge on any atom is -0.493 e. The normalized spacial score (nSPS) is 10.7. The lowest BCUT2D eigenvalue weighted by molar-refractivity contribution is -0.118. The molecule has 1 aromatic carbocycles. The van der Waals surface area contributed by atoms with Crippen LogP contribution in [0.15, 0.2) is 35.7 Å². The third kappa shape index (κ3) is 6.01. The molecule has 0 saturated carbocycles. The lowest BCUT2D eigenvalue weighted by atomic mass is 10.2. The van der Waals surface area contributed by atoms with E-state index >= 15 is 0 Å². The van der Waals surface area contributed by atoms with E-state index in [0.29, 0.717) is 18.1 Å².